The van der Waals surface area contributed by atoms with Crippen molar-refractivity contribution in [1.29, 1.82) is 0 Å². The summed E-state index contributed by atoms with van der Waals surface area (Å²) in [5.41, 5.74) is 0. The third kappa shape index (κ3) is 9.04. The largest absolute Gasteiger partial charge is 0.500 e. The van der Waals surface area contributed by atoms with E-state index in [9.17, 15) is 13.6 Å². The maximum atomic E-state index is 12.6. The number of alkyl halides is 2. The molecule has 0 saturated heterocycles. The number of hydrogen-bond acceptors (Lipinski definition) is 7. The molecule has 27 heavy (non-hydrogen) atoms. The summed E-state index contributed by atoms with van der Waals surface area (Å²) in [4.78, 5) is 13.6. The van der Waals surface area contributed by atoms with Crippen molar-refractivity contribution in [3.63, 3.8) is 0 Å². The highest BCUT2D eigenvalue weighted by atomic mass is 28.4. The SMILES string of the molecule is CO[Si](CCCN(CCC[Si](OC)(OC)OC)C(=O)CC(F)F)(OC)OC. The zero-order chi connectivity index (χ0) is 20.9. The van der Waals surface area contributed by atoms with Gasteiger partial charge in [-0.15, -0.1) is 0 Å². The molecule has 0 aliphatic rings. The standard InChI is InChI=1S/C15H33F2NO7Si2/c1-20-26(21-2,22-3)11-7-9-18(15(19)13-14(16)17)10-8-12-27(23-4,24-5)25-6/h14H,7-13H2,1-6H3. The molecule has 0 aromatic carbocycles. The molecule has 0 aliphatic heterocycles. The van der Waals surface area contributed by atoms with Crippen LogP contribution in [0.1, 0.15) is 19.3 Å². The molecule has 0 N–H and O–H groups in total. The Labute approximate surface area is 162 Å². The van der Waals surface area contributed by atoms with Crippen LogP contribution in [0.3, 0.4) is 0 Å². The van der Waals surface area contributed by atoms with Crippen LogP contribution in [0, 0.1) is 0 Å². The van der Waals surface area contributed by atoms with E-state index in [1.807, 2.05) is 0 Å². The van der Waals surface area contributed by atoms with Crippen LogP contribution in [0.2, 0.25) is 12.1 Å². The van der Waals surface area contributed by atoms with Gasteiger partial charge in [0.25, 0.3) is 0 Å². The van der Waals surface area contributed by atoms with Gasteiger partial charge in [-0.3, -0.25) is 4.79 Å². The summed E-state index contributed by atoms with van der Waals surface area (Å²) < 4.78 is 57.3. The number of carbonyl (C=O) groups is 1. The van der Waals surface area contributed by atoms with Gasteiger partial charge < -0.3 is 31.5 Å². The van der Waals surface area contributed by atoms with Gasteiger partial charge in [0.1, 0.15) is 0 Å². The summed E-state index contributed by atoms with van der Waals surface area (Å²) in [6, 6.07) is 0.948. The molecule has 162 valence electrons. The number of carbonyl (C=O) groups excluding carboxylic acids is 1. The lowest BCUT2D eigenvalue weighted by molar-refractivity contribution is -0.134. The third-order valence-corrected chi connectivity index (χ3v) is 10.0. The van der Waals surface area contributed by atoms with Crippen LogP contribution in [0.25, 0.3) is 0 Å². The molecule has 0 heterocycles. The van der Waals surface area contributed by atoms with Crippen LogP contribution in [0.4, 0.5) is 8.78 Å². The van der Waals surface area contributed by atoms with Crippen LogP contribution in [0.5, 0.6) is 0 Å². The van der Waals surface area contributed by atoms with Crippen molar-refractivity contribution in [2.45, 2.75) is 37.8 Å². The van der Waals surface area contributed by atoms with E-state index in [2.05, 4.69) is 0 Å². The minimum atomic E-state index is -2.77. The summed E-state index contributed by atoms with van der Waals surface area (Å²) in [6.07, 6.45) is -2.46. The second-order valence-electron chi connectivity index (χ2n) is 5.77. The zero-order valence-corrected chi connectivity index (χ0v) is 19.1. The summed E-state index contributed by atoms with van der Waals surface area (Å²) >= 11 is 0. The Morgan fingerprint density at radius 2 is 1.11 bits per heavy atom. The molecular formula is C15H33F2NO7Si2. The Kier molecular flexibility index (Phi) is 13.4. The first-order valence-electron chi connectivity index (χ1n) is 8.64. The molecule has 1 amide bonds. The molecule has 12 heteroatoms. The fourth-order valence-corrected chi connectivity index (χ4v) is 6.11. The Balaban J connectivity index is 4.82. The summed E-state index contributed by atoms with van der Waals surface area (Å²) in [7, 11) is 3.48. The van der Waals surface area contributed by atoms with Crippen molar-refractivity contribution in [2.24, 2.45) is 0 Å². The van der Waals surface area contributed by atoms with E-state index in [1.54, 1.807) is 0 Å². The lowest BCUT2D eigenvalue weighted by Crippen LogP contribution is -2.44. The number of hydrogen-bond donors (Lipinski definition) is 0. The Hall–Kier alpha value is -0.476. The van der Waals surface area contributed by atoms with Crippen molar-refractivity contribution >= 4 is 23.5 Å². The summed E-state index contributed by atoms with van der Waals surface area (Å²) in [5, 5.41) is 0. The van der Waals surface area contributed by atoms with Gasteiger partial charge in [-0.25, -0.2) is 8.78 Å². The van der Waals surface area contributed by atoms with Gasteiger partial charge in [0, 0.05) is 67.8 Å². The first-order chi connectivity index (χ1) is 12.8. The van der Waals surface area contributed by atoms with Crippen molar-refractivity contribution in [1.82, 2.24) is 4.90 Å². The summed E-state index contributed by atoms with van der Waals surface area (Å²) in [6.45, 7) is 0.607. The summed E-state index contributed by atoms with van der Waals surface area (Å²) in [5.74, 6) is -0.593. The predicted octanol–water partition coefficient (Wildman–Crippen LogP) is 2.01. The number of rotatable bonds is 16. The number of nitrogens with zero attached hydrogens (tertiary/aromatic N) is 1. The molecule has 0 aromatic rings. The van der Waals surface area contributed by atoms with E-state index in [-0.39, 0.29) is 0 Å². The van der Waals surface area contributed by atoms with Crippen LogP contribution >= 0.6 is 0 Å². The Morgan fingerprint density at radius 1 is 0.778 bits per heavy atom. The smallest absolute Gasteiger partial charge is 0.377 e. The van der Waals surface area contributed by atoms with E-state index in [0.29, 0.717) is 38.0 Å². The molecule has 0 bridgehead atoms. The average Bonchev–Trinajstić information content (AvgIpc) is 2.67. The van der Waals surface area contributed by atoms with E-state index in [1.165, 1.54) is 47.6 Å². The molecular weight excluding hydrogens is 400 g/mol. The molecule has 0 rings (SSSR count). The van der Waals surface area contributed by atoms with Crippen LogP contribution in [-0.2, 0) is 31.4 Å². The molecule has 0 aliphatic carbocycles. The first kappa shape index (κ1) is 26.5. The topological polar surface area (TPSA) is 75.7 Å². The second kappa shape index (κ2) is 13.7. The van der Waals surface area contributed by atoms with Gasteiger partial charge in [0.2, 0.25) is 12.3 Å². The minimum absolute atomic E-state index is 0.303. The van der Waals surface area contributed by atoms with Crippen molar-refractivity contribution in [3.8, 4) is 0 Å². The molecule has 8 nitrogen and oxygen atoms in total. The Bertz CT molecular complexity index is 371. The van der Waals surface area contributed by atoms with E-state index in [4.69, 9.17) is 26.6 Å². The number of amides is 1. The van der Waals surface area contributed by atoms with E-state index < -0.39 is 36.4 Å². The highest BCUT2D eigenvalue weighted by Gasteiger charge is 2.38. The monoisotopic (exact) mass is 433 g/mol. The van der Waals surface area contributed by atoms with E-state index >= 15 is 0 Å². The fourth-order valence-electron chi connectivity index (χ4n) is 2.71. The normalized spacial score (nSPS) is 12.6. The third-order valence-electron chi connectivity index (χ3n) is 4.37. The van der Waals surface area contributed by atoms with Gasteiger partial charge in [0.15, 0.2) is 0 Å². The van der Waals surface area contributed by atoms with Crippen molar-refractivity contribution in [2.75, 3.05) is 55.7 Å². The zero-order valence-electron chi connectivity index (χ0n) is 17.1. The molecule has 0 aromatic heterocycles. The van der Waals surface area contributed by atoms with Crippen LogP contribution in [0.15, 0.2) is 0 Å². The van der Waals surface area contributed by atoms with Crippen molar-refractivity contribution < 1.29 is 40.1 Å². The van der Waals surface area contributed by atoms with Crippen molar-refractivity contribution in [3.05, 3.63) is 0 Å². The molecule has 0 fully saturated rings. The average molecular weight is 434 g/mol. The van der Waals surface area contributed by atoms with Crippen LogP contribution < -0.4 is 0 Å². The van der Waals surface area contributed by atoms with Gasteiger partial charge in [-0.2, -0.15) is 0 Å². The molecule has 0 spiro atoms. The predicted molar refractivity (Wildman–Crippen MR) is 99.6 cm³/mol. The maximum Gasteiger partial charge on any atom is 0.500 e. The van der Waals surface area contributed by atoms with E-state index in [0.717, 1.165) is 0 Å². The minimum Gasteiger partial charge on any atom is -0.377 e. The highest BCUT2D eigenvalue weighted by Crippen LogP contribution is 2.18. The Morgan fingerprint density at radius 3 is 1.37 bits per heavy atom. The molecule has 0 saturated carbocycles. The maximum absolute atomic E-state index is 12.6. The highest BCUT2D eigenvalue weighted by molar-refractivity contribution is 6.60. The van der Waals surface area contributed by atoms with Crippen LogP contribution in [-0.4, -0.2) is 90.6 Å². The lowest BCUT2D eigenvalue weighted by atomic mass is 10.3. The second-order valence-corrected chi connectivity index (χ2v) is 12.0. The van der Waals surface area contributed by atoms with Gasteiger partial charge in [-0.1, -0.05) is 0 Å². The van der Waals surface area contributed by atoms with Gasteiger partial charge in [0.05, 0.1) is 6.42 Å². The molecule has 0 unspecified atom stereocenters. The number of halogens is 2. The molecule has 0 atom stereocenters. The fraction of sp³-hybridized carbons (Fsp3) is 0.933. The quantitative estimate of drug-likeness (QED) is 0.345. The molecule has 0 radical (unpaired) electrons. The van der Waals surface area contributed by atoms with Gasteiger partial charge >= 0.3 is 17.6 Å². The first-order valence-corrected chi connectivity index (χ1v) is 12.5. The van der Waals surface area contributed by atoms with Gasteiger partial charge in [-0.05, 0) is 12.8 Å². The lowest BCUT2D eigenvalue weighted by Gasteiger charge is -2.28.